The molecule has 0 radical (unpaired) electrons. The lowest BCUT2D eigenvalue weighted by atomic mass is 10.3. The topological polar surface area (TPSA) is 106 Å². The van der Waals surface area contributed by atoms with Crippen LogP contribution in [0.15, 0.2) is 24.3 Å². The number of aromatic nitrogens is 3. The van der Waals surface area contributed by atoms with Gasteiger partial charge in [-0.1, -0.05) is 6.07 Å². The monoisotopic (exact) mass is 258 g/mol. The molecule has 0 spiro atoms. The Kier molecular flexibility index (Phi) is 3.67. The van der Waals surface area contributed by atoms with Crippen LogP contribution in [0.25, 0.3) is 0 Å². The van der Waals surface area contributed by atoms with Gasteiger partial charge in [0.2, 0.25) is 5.95 Å². The van der Waals surface area contributed by atoms with E-state index < -0.39 is 0 Å². The summed E-state index contributed by atoms with van der Waals surface area (Å²) in [5.74, 6) is 5.53. The highest BCUT2D eigenvalue weighted by Gasteiger charge is 2.10. The number of nitrogens with zero attached hydrogens (tertiary/aromatic N) is 3. The minimum Gasteiger partial charge on any atom is -0.308 e. The van der Waals surface area contributed by atoms with Gasteiger partial charge in [-0.05, 0) is 32.0 Å². The number of nitrogens with two attached hydrogens (primary N) is 1. The minimum atomic E-state index is -0.387. The summed E-state index contributed by atoms with van der Waals surface area (Å²) in [5.41, 5.74) is 4.19. The summed E-state index contributed by atoms with van der Waals surface area (Å²) in [4.78, 5) is 24.3. The van der Waals surface area contributed by atoms with Crippen molar-refractivity contribution >= 4 is 17.7 Å². The van der Waals surface area contributed by atoms with Crippen molar-refractivity contribution in [1.29, 1.82) is 0 Å². The van der Waals surface area contributed by atoms with E-state index in [1.807, 2.05) is 19.9 Å². The van der Waals surface area contributed by atoms with Crippen molar-refractivity contribution < 1.29 is 4.79 Å². The smallest absolute Gasteiger partial charge is 0.276 e. The van der Waals surface area contributed by atoms with Crippen LogP contribution in [-0.4, -0.2) is 20.9 Å². The van der Waals surface area contributed by atoms with Crippen LogP contribution in [0, 0.1) is 13.8 Å². The Morgan fingerprint density at radius 3 is 2.47 bits per heavy atom. The van der Waals surface area contributed by atoms with Crippen LogP contribution in [0.3, 0.4) is 0 Å². The molecule has 0 aliphatic carbocycles. The van der Waals surface area contributed by atoms with E-state index in [-0.39, 0.29) is 17.5 Å². The molecule has 0 aliphatic heterocycles. The first kappa shape index (κ1) is 12.9. The van der Waals surface area contributed by atoms with Crippen LogP contribution >= 0.6 is 0 Å². The fraction of sp³-hybridized carbons (Fsp3) is 0.167. The maximum atomic E-state index is 12.0. The molecule has 0 bridgehead atoms. The summed E-state index contributed by atoms with van der Waals surface area (Å²) in [6.45, 7) is 3.67. The standard InChI is InChI=1S/C12H14N6O/c1-7-6-8(2)15-12(14-7)17-11(19)9-4-3-5-10(16-9)18-13/h3-6H,13H2,1-2H3,(H,16,18)(H,14,15,17,19). The van der Waals surface area contributed by atoms with Gasteiger partial charge < -0.3 is 5.43 Å². The number of aryl methyl sites for hydroxylation is 2. The summed E-state index contributed by atoms with van der Waals surface area (Å²) in [7, 11) is 0. The molecule has 0 saturated carbocycles. The largest absolute Gasteiger partial charge is 0.308 e. The predicted molar refractivity (Wildman–Crippen MR) is 71.5 cm³/mol. The van der Waals surface area contributed by atoms with Crippen LogP contribution in [0.2, 0.25) is 0 Å². The highest BCUT2D eigenvalue weighted by molar-refractivity contribution is 6.02. The van der Waals surface area contributed by atoms with Crippen LogP contribution < -0.4 is 16.6 Å². The Balaban J connectivity index is 2.20. The van der Waals surface area contributed by atoms with Gasteiger partial charge in [-0.2, -0.15) is 0 Å². The number of hydrazine groups is 1. The number of anilines is 2. The van der Waals surface area contributed by atoms with Crippen molar-refractivity contribution in [3.05, 3.63) is 41.3 Å². The zero-order chi connectivity index (χ0) is 13.8. The number of hydrogen-bond acceptors (Lipinski definition) is 6. The average Bonchev–Trinajstić information content (AvgIpc) is 2.37. The molecule has 98 valence electrons. The number of hydrogen-bond donors (Lipinski definition) is 3. The number of rotatable bonds is 3. The molecule has 2 heterocycles. The molecule has 1 amide bonds. The Hall–Kier alpha value is -2.54. The summed E-state index contributed by atoms with van der Waals surface area (Å²) in [6.07, 6.45) is 0. The summed E-state index contributed by atoms with van der Waals surface area (Å²) in [5, 5.41) is 2.60. The number of amides is 1. The normalized spacial score (nSPS) is 10.1. The van der Waals surface area contributed by atoms with E-state index >= 15 is 0 Å². The van der Waals surface area contributed by atoms with Crippen molar-refractivity contribution in [2.75, 3.05) is 10.7 Å². The lowest BCUT2D eigenvalue weighted by molar-refractivity contribution is 0.102. The SMILES string of the molecule is Cc1cc(C)nc(NC(=O)c2cccc(NN)n2)n1. The molecule has 19 heavy (non-hydrogen) atoms. The molecule has 0 aromatic carbocycles. The van der Waals surface area contributed by atoms with Gasteiger partial charge in [0.25, 0.3) is 5.91 Å². The molecule has 0 aliphatic rings. The fourth-order valence-electron chi connectivity index (χ4n) is 1.59. The van der Waals surface area contributed by atoms with Crippen LogP contribution in [0.5, 0.6) is 0 Å². The number of pyridine rings is 1. The Morgan fingerprint density at radius 1 is 1.16 bits per heavy atom. The van der Waals surface area contributed by atoms with Crippen molar-refractivity contribution in [2.24, 2.45) is 5.84 Å². The van der Waals surface area contributed by atoms with Crippen molar-refractivity contribution in [2.45, 2.75) is 13.8 Å². The predicted octanol–water partition coefficient (Wildman–Crippen LogP) is 1.03. The number of carbonyl (C=O) groups excluding carboxylic acids is 1. The van der Waals surface area contributed by atoms with E-state index in [9.17, 15) is 4.79 Å². The zero-order valence-corrected chi connectivity index (χ0v) is 10.6. The molecule has 2 aromatic rings. The number of nitrogens with one attached hydrogen (secondary N) is 2. The molecule has 0 atom stereocenters. The molecule has 2 rings (SSSR count). The first-order chi connectivity index (χ1) is 9.08. The molecule has 0 unspecified atom stereocenters. The van der Waals surface area contributed by atoms with E-state index in [0.717, 1.165) is 11.4 Å². The van der Waals surface area contributed by atoms with E-state index in [1.165, 1.54) is 0 Å². The van der Waals surface area contributed by atoms with Gasteiger partial charge in [0.15, 0.2) is 0 Å². The van der Waals surface area contributed by atoms with Gasteiger partial charge in [0.05, 0.1) is 0 Å². The quantitative estimate of drug-likeness (QED) is 0.560. The summed E-state index contributed by atoms with van der Waals surface area (Å²) >= 11 is 0. The van der Waals surface area contributed by atoms with E-state index in [0.29, 0.717) is 5.82 Å². The maximum Gasteiger partial charge on any atom is 0.276 e. The molecule has 0 fully saturated rings. The molecule has 4 N–H and O–H groups in total. The highest BCUT2D eigenvalue weighted by Crippen LogP contribution is 2.07. The molecule has 7 heteroatoms. The highest BCUT2D eigenvalue weighted by atomic mass is 16.2. The Bertz CT molecular complexity index is 593. The van der Waals surface area contributed by atoms with Crippen LogP contribution in [0.1, 0.15) is 21.9 Å². The van der Waals surface area contributed by atoms with Crippen molar-refractivity contribution in [3.8, 4) is 0 Å². The summed E-state index contributed by atoms with van der Waals surface area (Å²) < 4.78 is 0. The van der Waals surface area contributed by atoms with E-state index in [1.54, 1.807) is 18.2 Å². The van der Waals surface area contributed by atoms with Gasteiger partial charge >= 0.3 is 0 Å². The maximum absolute atomic E-state index is 12.0. The van der Waals surface area contributed by atoms with Gasteiger partial charge in [0, 0.05) is 11.4 Å². The molecule has 7 nitrogen and oxygen atoms in total. The first-order valence-electron chi connectivity index (χ1n) is 5.66. The lowest BCUT2D eigenvalue weighted by Crippen LogP contribution is -2.17. The second kappa shape index (κ2) is 5.40. The zero-order valence-electron chi connectivity index (χ0n) is 10.6. The Labute approximate surface area is 110 Å². The van der Waals surface area contributed by atoms with Gasteiger partial charge in [0.1, 0.15) is 11.5 Å². The minimum absolute atomic E-state index is 0.234. The number of nitrogen functional groups attached to an aromatic ring is 1. The third kappa shape index (κ3) is 3.23. The first-order valence-corrected chi connectivity index (χ1v) is 5.66. The van der Waals surface area contributed by atoms with Gasteiger partial charge in [-0.25, -0.2) is 20.8 Å². The lowest BCUT2D eigenvalue weighted by Gasteiger charge is -2.06. The third-order valence-electron chi connectivity index (χ3n) is 2.34. The third-order valence-corrected chi connectivity index (χ3v) is 2.34. The molecular weight excluding hydrogens is 244 g/mol. The van der Waals surface area contributed by atoms with Gasteiger partial charge in [-0.3, -0.25) is 10.1 Å². The second-order valence-electron chi connectivity index (χ2n) is 3.98. The van der Waals surface area contributed by atoms with Crippen LogP contribution in [0.4, 0.5) is 11.8 Å². The summed E-state index contributed by atoms with van der Waals surface area (Å²) in [6, 6.07) is 6.75. The molecule has 2 aromatic heterocycles. The average molecular weight is 258 g/mol. The van der Waals surface area contributed by atoms with Gasteiger partial charge in [-0.15, -0.1) is 0 Å². The fourth-order valence-corrected chi connectivity index (χ4v) is 1.59. The Morgan fingerprint density at radius 2 is 1.84 bits per heavy atom. The number of carbonyl (C=O) groups is 1. The van der Waals surface area contributed by atoms with Crippen molar-refractivity contribution in [1.82, 2.24) is 15.0 Å². The molecular formula is C12H14N6O. The van der Waals surface area contributed by atoms with E-state index in [2.05, 4.69) is 25.7 Å². The van der Waals surface area contributed by atoms with E-state index in [4.69, 9.17) is 5.84 Å². The van der Waals surface area contributed by atoms with Crippen molar-refractivity contribution in [3.63, 3.8) is 0 Å². The van der Waals surface area contributed by atoms with Crippen LogP contribution in [-0.2, 0) is 0 Å². The molecule has 0 saturated heterocycles. The second-order valence-corrected chi connectivity index (χ2v) is 3.98.